The number of rotatable bonds is 4. The molecular formula is C15H15ClN2O2. The normalized spacial score (nSPS) is 12.8. The van der Waals surface area contributed by atoms with Crippen LogP contribution in [0.15, 0.2) is 41.2 Å². The van der Waals surface area contributed by atoms with Crippen LogP contribution in [0.25, 0.3) is 11.0 Å². The Kier molecular flexibility index (Phi) is 3.40. The highest BCUT2D eigenvalue weighted by Crippen LogP contribution is 2.28. The third-order valence-corrected chi connectivity index (χ3v) is 3.46. The van der Waals surface area contributed by atoms with Gasteiger partial charge in [0.2, 0.25) is 0 Å². The lowest BCUT2D eigenvalue weighted by Crippen LogP contribution is -2.05. The number of halogens is 1. The van der Waals surface area contributed by atoms with Gasteiger partial charge in [-0.2, -0.15) is 0 Å². The Bertz CT molecular complexity index is 717. The van der Waals surface area contributed by atoms with Crippen molar-refractivity contribution >= 4 is 22.6 Å². The first kappa shape index (κ1) is 13.1. The summed E-state index contributed by atoms with van der Waals surface area (Å²) in [5, 5.41) is -0.166. The molecule has 0 bridgehead atoms. The Morgan fingerprint density at radius 2 is 2.25 bits per heavy atom. The fourth-order valence-corrected chi connectivity index (χ4v) is 2.46. The first-order chi connectivity index (χ1) is 9.69. The number of benzene rings is 1. The molecule has 3 rings (SSSR count). The molecule has 2 aromatic heterocycles. The number of furan rings is 1. The second kappa shape index (κ2) is 5.21. The van der Waals surface area contributed by atoms with Crippen molar-refractivity contribution in [2.45, 2.75) is 18.8 Å². The number of imidazole rings is 1. The van der Waals surface area contributed by atoms with Crippen molar-refractivity contribution in [3.63, 3.8) is 0 Å². The maximum atomic E-state index is 6.26. The topological polar surface area (TPSA) is 40.2 Å². The largest absolute Gasteiger partial charge is 0.497 e. The zero-order valence-electron chi connectivity index (χ0n) is 11.3. The van der Waals surface area contributed by atoms with Crippen LogP contribution < -0.4 is 4.74 Å². The number of fused-ring (bicyclic) bond motifs is 1. The van der Waals surface area contributed by atoms with E-state index in [1.165, 1.54) is 0 Å². The number of nitrogens with zero attached hydrogens (tertiary/aromatic N) is 2. The number of ether oxygens (including phenoxy) is 1. The molecule has 4 nitrogen and oxygen atoms in total. The fourth-order valence-electron chi connectivity index (χ4n) is 2.29. The molecule has 3 aromatic rings. The van der Waals surface area contributed by atoms with Crippen LogP contribution in [-0.4, -0.2) is 16.7 Å². The maximum absolute atomic E-state index is 6.26. The Balaban J connectivity index is 2.14. The van der Waals surface area contributed by atoms with E-state index < -0.39 is 0 Å². The van der Waals surface area contributed by atoms with Crippen LogP contribution in [0.1, 0.15) is 23.7 Å². The van der Waals surface area contributed by atoms with Gasteiger partial charge in [-0.05, 0) is 25.1 Å². The Morgan fingerprint density at radius 3 is 2.90 bits per heavy atom. The molecule has 104 valence electrons. The molecule has 0 saturated carbocycles. The van der Waals surface area contributed by atoms with Crippen molar-refractivity contribution in [1.82, 2.24) is 9.55 Å². The average Bonchev–Trinajstić information content (AvgIpc) is 3.06. The average molecular weight is 291 g/mol. The standard InChI is InChI=1S/C15H15ClN2O2/c1-10(16)15-17-13-7-12(19-2)3-4-14(13)18(15)8-11-5-6-20-9-11/h3-7,9-10H,8H2,1-2H3. The van der Waals surface area contributed by atoms with E-state index in [1.807, 2.05) is 31.2 Å². The molecule has 1 atom stereocenters. The van der Waals surface area contributed by atoms with Crippen molar-refractivity contribution in [2.75, 3.05) is 7.11 Å². The predicted molar refractivity (Wildman–Crippen MR) is 78.4 cm³/mol. The first-order valence-corrected chi connectivity index (χ1v) is 6.82. The number of alkyl halides is 1. The molecule has 0 spiro atoms. The van der Waals surface area contributed by atoms with Crippen molar-refractivity contribution in [2.24, 2.45) is 0 Å². The van der Waals surface area contributed by atoms with Crippen molar-refractivity contribution in [3.05, 3.63) is 48.2 Å². The highest BCUT2D eigenvalue weighted by molar-refractivity contribution is 6.20. The fraction of sp³-hybridized carbons (Fsp3) is 0.267. The van der Waals surface area contributed by atoms with Crippen molar-refractivity contribution < 1.29 is 9.15 Å². The molecule has 0 fully saturated rings. The summed E-state index contributed by atoms with van der Waals surface area (Å²) in [6.45, 7) is 2.61. The van der Waals surface area contributed by atoms with Gasteiger partial charge in [0.05, 0.1) is 42.6 Å². The van der Waals surface area contributed by atoms with E-state index >= 15 is 0 Å². The Morgan fingerprint density at radius 1 is 1.40 bits per heavy atom. The molecule has 1 unspecified atom stereocenters. The molecule has 0 aliphatic rings. The summed E-state index contributed by atoms with van der Waals surface area (Å²) in [5.41, 5.74) is 3.00. The van der Waals surface area contributed by atoms with Gasteiger partial charge in [-0.15, -0.1) is 11.6 Å². The molecule has 5 heteroatoms. The summed E-state index contributed by atoms with van der Waals surface area (Å²) in [6, 6.07) is 7.80. The summed E-state index contributed by atoms with van der Waals surface area (Å²) in [6.07, 6.45) is 3.40. The van der Waals surface area contributed by atoms with Gasteiger partial charge in [-0.3, -0.25) is 0 Å². The van der Waals surface area contributed by atoms with E-state index in [9.17, 15) is 0 Å². The van der Waals surface area contributed by atoms with Crippen LogP contribution in [0.2, 0.25) is 0 Å². The zero-order chi connectivity index (χ0) is 14.1. The van der Waals surface area contributed by atoms with Gasteiger partial charge in [0.1, 0.15) is 11.6 Å². The van der Waals surface area contributed by atoms with Gasteiger partial charge in [-0.25, -0.2) is 4.98 Å². The van der Waals surface area contributed by atoms with E-state index in [0.717, 1.165) is 28.2 Å². The molecule has 0 saturated heterocycles. The second-order valence-corrected chi connectivity index (χ2v) is 5.31. The third-order valence-electron chi connectivity index (χ3n) is 3.26. The van der Waals surface area contributed by atoms with Crippen molar-refractivity contribution in [3.8, 4) is 5.75 Å². The summed E-state index contributed by atoms with van der Waals surface area (Å²) < 4.78 is 12.5. The van der Waals surface area contributed by atoms with E-state index in [1.54, 1.807) is 19.6 Å². The SMILES string of the molecule is COc1ccc2c(c1)nc(C(C)Cl)n2Cc1ccoc1. The second-order valence-electron chi connectivity index (χ2n) is 4.66. The summed E-state index contributed by atoms with van der Waals surface area (Å²) >= 11 is 6.26. The number of hydrogen-bond acceptors (Lipinski definition) is 3. The van der Waals surface area contributed by atoms with Crippen LogP contribution in [0.5, 0.6) is 5.75 Å². The number of aromatic nitrogens is 2. The summed E-state index contributed by atoms with van der Waals surface area (Å²) in [5.74, 6) is 1.63. The number of methoxy groups -OCH3 is 1. The molecule has 0 radical (unpaired) electrons. The van der Waals surface area contributed by atoms with Crippen LogP contribution in [-0.2, 0) is 6.54 Å². The molecule has 0 aliphatic heterocycles. The van der Waals surface area contributed by atoms with E-state index in [4.69, 9.17) is 20.8 Å². The lowest BCUT2D eigenvalue weighted by Gasteiger charge is -2.09. The third kappa shape index (κ3) is 2.27. The Hall–Kier alpha value is -1.94. The van der Waals surface area contributed by atoms with Gasteiger partial charge >= 0.3 is 0 Å². The van der Waals surface area contributed by atoms with Crippen LogP contribution in [0.4, 0.5) is 0 Å². The quantitative estimate of drug-likeness (QED) is 0.682. The summed E-state index contributed by atoms with van der Waals surface area (Å²) in [4.78, 5) is 4.62. The minimum absolute atomic E-state index is 0.166. The Labute approximate surface area is 121 Å². The van der Waals surface area contributed by atoms with Gasteiger partial charge in [0, 0.05) is 11.6 Å². The smallest absolute Gasteiger partial charge is 0.128 e. The minimum Gasteiger partial charge on any atom is -0.497 e. The molecule has 0 amide bonds. The van der Waals surface area contributed by atoms with Crippen LogP contribution in [0.3, 0.4) is 0 Å². The lowest BCUT2D eigenvalue weighted by atomic mass is 10.2. The first-order valence-electron chi connectivity index (χ1n) is 6.38. The molecule has 2 heterocycles. The van der Waals surface area contributed by atoms with Gasteiger partial charge in [-0.1, -0.05) is 0 Å². The molecule has 1 aromatic carbocycles. The zero-order valence-corrected chi connectivity index (χ0v) is 12.1. The molecular weight excluding hydrogens is 276 g/mol. The van der Waals surface area contributed by atoms with Crippen molar-refractivity contribution in [1.29, 1.82) is 0 Å². The predicted octanol–water partition coefficient (Wildman–Crippen LogP) is 3.99. The van der Waals surface area contributed by atoms with Crippen LogP contribution in [0, 0.1) is 0 Å². The summed E-state index contributed by atoms with van der Waals surface area (Å²) in [7, 11) is 1.65. The van der Waals surface area contributed by atoms with E-state index in [0.29, 0.717) is 6.54 Å². The number of hydrogen-bond donors (Lipinski definition) is 0. The highest BCUT2D eigenvalue weighted by Gasteiger charge is 2.16. The van der Waals surface area contributed by atoms with E-state index in [2.05, 4.69) is 9.55 Å². The van der Waals surface area contributed by atoms with E-state index in [-0.39, 0.29) is 5.38 Å². The maximum Gasteiger partial charge on any atom is 0.128 e. The monoisotopic (exact) mass is 290 g/mol. The molecule has 0 N–H and O–H groups in total. The molecule has 0 aliphatic carbocycles. The van der Waals surface area contributed by atoms with Gasteiger partial charge < -0.3 is 13.7 Å². The minimum atomic E-state index is -0.166. The highest BCUT2D eigenvalue weighted by atomic mass is 35.5. The van der Waals surface area contributed by atoms with Gasteiger partial charge in [0.15, 0.2) is 0 Å². The molecule has 20 heavy (non-hydrogen) atoms. The lowest BCUT2D eigenvalue weighted by molar-refractivity contribution is 0.415. The van der Waals surface area contributed by atoms with Crippen LogP contribution >= 0.6 is 11.6 Å². The van der Waals surface area contributed by atoms with Gasteiger partial charge in [0.25, 0.3) is 0 Å².